The lowest BCUT2D eigenvalue weighted by molar-refractivity contribution is 0.476. The van der Waals surface area contributed by atoms with Crippen LogP contribution < -0.4 is 5.73 Å². The van der Waals surface area contributed by atoms with E-state index >= 15 is 0 Å². The van der Waals surface area contributed by atoms with Gasteiger partial charge >= 0.3 is 0 Å². The number of aromatic hydroxyl groups is 1. The van der Waals surface area contributed by atoms with Crippen LogP contribution in [0.15, 0.2) is 18.2 Å². The number of benzene rings is 1. The SMILES string of the molecule is Nc1nnnc2cc(O)ccc12. The van der Waals surface area contributed by atoms with Crippen LogP contribution in [-0.2, 0) is 0 Å². The highest BCUT2D eigenvalue weighted by Gasteiger charge is 2.00. The summed E-state index contributed by atoms with van der Waals surface area (Å²) in [5, 5.41) is 20.5. The Morgan fingerprint density at radius 2 is 2.08 bits per heavy atom. The molecular formula is C7H6N4O. The zero-order valence-corrected chi connectivity index (χ0v) is 6.10. The molecule has 0 unspecified atom stereocenters. The van der Waals surface area contributed by atoms with Crippen molar-refractivity contribution in [2.75, 3.05) is 5.73 Å². The summed E-state index contributed by atoms with van der Waals surface area (Å²) < 4.78 is 0. The van der Waals surface area contributed by atoms with Gasteiger partial charge in [0.2, 0.25) is 0 Å². The second-order valence-electron chi connectivity index (χ2n) is 2.38. The quantitative estimate of drug-likeness (QED) is 0.582. The van der Waals surface area contributed by atoms with E-state index in [4.69, 9.17) is 10.8 Å². The molecule has 0 atom stereocenters. The van der Waals surface area contributed by atoms with E-state index < -0.39 is 0 Å². The number of nitrogen functional groups attached to an aromatic ring is 1. The molecule has 2 rings (SSSR count). The van der Waals surface area contributed by atoms with Crippen LogP contribution >= 0.6 is 0 Å². The van der Waals surface area contributed by atoms with Crippen molar-refractivity contribution in [2.45, 2.75) is 0 Å². The molecule has 0 saturated carbocycles. The van der Waals surface area contributed by atoms with Gasteiger partial charge in [-0.25, -0.2) is 0 Å². The molecule has 60 valence electrons. The fourth-order valence-electron chi connectivity index (χ4n) is 0.992. The van der Waals surface area contributed by atoms with Gasteiger partial charge in [0.25, 0.3) is 0 Å². The number of hydrogen-bond donors (Lipinski definition) is 2. The van der Waals surface area contributed by atoms with Gasteiger partial charge in [-0.1, -0.05) is 0 Å². The molecule has 2 aromatic rings. The van der Waals surface area contributed by atoms with Gasteiger partial charge in [0.15, 0.2) is 5.82 Å². The van der Waals surface area contributed by atoms with Crippen molar-refractivity contribution in [3.05, 3.63) is 18.2 Å². The van der Waals surface area contributed by atoms with Gasteiger partial charge in [-0.05, 0) is 17.3 Å². The van der Waals surface area contributed by atoms with Crippen molar-refractivity contribution < 1.29 is 5.11 Å². The van der Waals surface area contributed by atoms with Gasteiger partial charge in [-0.15, -0.1) is 10.2 Å². The molecular weight excluding hydrogens is 156 g/mol. The smallest absolute Gasteiger partial charge is 0.157 e. The zero-order valence-electron chi connectivity index (χ0n) is 6.10. The molecule has 3 N–H and O–H groups in total. The minimum atomic E-state index is 0.141. The highest BCUT2D eigenvalue weighted by molar-refractivity contribution is 5.87. The predicted molar refractivity (Wildman–Crippen MR) is 43.4 cm³/mol. The lowest BCUT2D eigenvalue weighted by Gasteiger charge is -1.97. The van der Waals surface area contributed by atoms with Crippen molar-refractivity contribution in [2.24, 2.45) is 0 Å². The van der Waals surface area contributed by atoms with Gasteiger partial charge < -0.3 is 10.8 Å². The Morgan fingerprint density at radius 1 is 1.25 bits per heavy atom. The minimum absolute atomic E-state index is 0.141. The summed E-state index contributed by atoms with van der Waals surface area (Å²) in [7, 11) is 0. The highest BCUT2D eigenvalue weighted by atomic mass is 16.3. The third-order valence-corrected chi connectivity index (χ3v) is 1.56. The average Bonchev–Trinajstić information content (AvgIpc) is 2.04. The molecule has 0 aliphatic rings. The Morgan fingerprint density at radius 3 is 2.92 bits per heavy atom. The number of aromatic nitrogens is 3. The van der Waals surface area contributed by atoms with Crippen molar-refractivity contribution in [1.82, 2.24) is 15.4 Å². The van der Waals surface area contributed by atoms with E-state index in [9.17, 15) is 0 Å². The standard InChI is InChI=1S/C7H6N4O/c8-7-5-2-1-4(12)3-6(5)9-11-10-7/h1-3,12H,(H2,8,9,10). The first-order chi connectivity index (χ1) is 5.77. The first-order valence-corrected chi connectivity index (χ1v) is 3.35. The summed E-state index contributed by atoms with van der Waals surface area (Å²) in [5.41, 5.74) is 6.06. The maximum atomic E-state index is 9.09. The zero-order chi connectivity index (χ0) is 8.55. The Bertz CT molecular complexity index is 429. The van der Waals surface area contributed by atoms with Crippen LogP contribution in [0.4, 0.5) is 5.82 Å². The lowest BCUT2D eigenvalue weighted by atomic mass is 10.2. The normalized spacial score (nSPS) is 10.3. The Kier molecular flexibility index (Phi) is 1.30. The van der Waals surface area contributed by atoms with E-state index in [1.54, 1.807) is 6.07 Å². The van der Waals surface area contributed by atoms with E-state index in [1.165, 1.54) is 12.1 Å². The molecule has 1 aromatic heterocycles. The fourth-order valence-corrected chi connectivity index (χ4v) is 0.992. The number of phenolic OH excluding ortho intramolecular Hbond substituents is 1. The van der Waals surface area contributed by atoms with Crippen molar-refractivity contribution in [3.8, 4) is 5.75 Å². The van der Waals surface area contributed by atoms with Gasteiger partial charge in [0, 0.05) is 11.5 Å². The van der Waals surface area contributed by atoms with Crippen LogP contribution in [0.2, 0.25) is 0 Å². The lowest BCUT2D eigenvalue weighted by Crippen LogP contribution is -1.96. The van der Waals surface area contributed by atoms with Crippen LogP contribution in [0, 0.1) is 0 Å². The van der Waals surface area contributed by atoms with E-state index in [1.807, 2.05) is 0 Å². The molecule has 1 heterocycles. The third kappa shape index (κ3) is 0.914. The van der Waals surface area contributed by atoms with Crippen LogP contribution in [-0.4, -0.2) is 20.5 Å². The first kappa shape index (κ1) is 6.78. The van der Waals surface area contributed by atoms with E-state index in [0.29, 0.717) is 16.7 Å². The summed E-state index contributed by atoms with van der Waals surface area (Å²) in [4.78, 5) is 0. The first-order valence-electron chi connectivity index (χ1n) is 3.35. The van der Waals surface area contributed by atoms with Crippen molar-refractivity contribution in [3.63, 3.8) is 0 Å². The third-order valence-electron chi connectivity index (χ3n) is 1.56. The molecule has 12 heavy (non-hydrogen) atoms. The molecule has 0 fully saturated rings. The number of anilines is 1. The second kappa shape index (κ2) is 2.30. The summed E-state index contributed by atoms with van der Waals surface area (Å²) in [6, 6.07) is 4.67. The van der Waals surface area contributed by atoms with Gasteiger partial charge in [-0.3, -0.25) is 0 Å². The van der Waals surface area contributed by atoms with E-state index in [0.717, 1.165) is 0 Å². The molecule has 0 aliphatic heterocycles. The number of rotatable bonds is 0. The molecule has 5 heteroatoms. The molecule has 5 nitrogen and oxygen atoms in total. The molecule has 0 spiro atoms. The highest BCUT2D eigenvalue weighted by Crippen LogP contribution is 2.19. The number of nitrogens with zero attached hydrogens (tertiary/aromatic N) is 3. The molecule has 1 aromatic carbocycles. The van der Waals surface area contributed by atoms with Crippen LogP contribution in [0.5, 0.6) is 5.75 Å². The molecule has 0 bridgehead atoms. The molecule has 0 amide bonds. The minimum Gasteiger partial charge on any atom is -0.508 e. The van der Waals surface area contributed by atoms with Crippen molar-refractivity contribution in [1.29, 1.82) is 0 Å². The van der Waals surface area contributed by atoms with Crippen molar-refractivity contribution >= 4 is 16.7 Å². The van der Waals surface area contributed by atoms with Crippen LogP contribution in [0.1, 0.15) is 0 Å². The summed E-state index contributed by atoms with van der Waals surface area (Å²) in [6.07, 6.45) is 0. The van der Waals surface area contributed by atoms with E-state index in [2.05, 4.69) is 15.4 Å². The number of fused-ring (bicyclic) bond motifs is 1. The molecule has 0 saturated heterocycles. The second-order valence-corrected chi connectivity index (χ2v) is 2.38. The van der Waals surface area contributed by atoms with E-state index in [-0.39, 0.29) is 5.75 Å². The van der Waals surface area contributed by atoms with Gasteiger partial charge in [-0.2, -0.15) is 0 Å². The molecule has 0 aliphatic carbocycles. The molecule has 0 radical (unpaired) electrons. The van der Waals surface area contributed by atoms with Crippen LogP contribution in [0.25, 0.3) is 10.9 Å². The Labute approximate surface area is 67.8 Å². The number of nitrogens with two attached hydrogens (primary N) is 1. The average molecular weight is 162 g/mol. The summed E-state index contributed by atoms with van der Waals surface area (Å²) in [6.45, 7) is 0. The van der Waals surface area contributed by atoms with Gasteiger partial charge in [0.05, 0.1) is 0 Å². The number of phenols is 1. The largest absolute Gasteiger partial charge is 0.508 e. The predicted octanol–water partition coefficient (Wildman–Crippen LogP) is 0.313. The summed E-state index contributed by atoms with van der Waals surface area (Å²) in [5.74, 6) is 0.461. The maximum absolute atomic E-state index is 9.09. The summed E-state index contributed by atoms with van der Waals surface area (Å²) >= 11 is 0. The van der Waals surface area contributed by atoms with Crippen LogP contribution in [0.3, 0.4) is 0 Å². The monoisotopic (exact) mass is 162 g/mol. The maximum Gasteiger partial charge on any atom is 0.157 e. The fraction of sp³-hybridized carbons (Fsp3) is 0. The Hall–Kier alpha value is -1.91. The Balaban J connectivity index is 2.86. The number of hydrogen-bond acceptors (Lipinski definition) is 5. The topological polar surface area (TPSA) is 84.9 Å². The van der Waals surface area contributed by atoms with Gasteiger partial charge in [0.1, 0.15) is 11.3 Å².